The molecule has 2 aliphatic rings. The van der Waals surface area contributed by atoms with Gasteiger partial charge in [-0.3, -0.25) is 0 Å². The van der Waals surface area contributed by atoms with Crippen molar-refractivity contribution in [3.8, 4) is 0 Å². The molecule has 0 saturated carbocycles. The molecule has 1 heterocycles. The zero-order valence-electron chi connectivity index (χ0n) is 6.18. The maximum Gasteiger partial charge on any atom is 0.0752 e. The third-order valence-electron chi connectivity index (χ3n) is 2.39. The second-order valence-electron chi connectivity index (χ2n) is 3.12. The van der Waals surface area contributed by atoms with Crippen molar-refractivity contribution in [1.29, 1.82) is 0 Å². The predicted molar refractivity (Wildman–Crippen MR) is 40.6 cm³/mol. The summed E-state index contributed by atoms with van der Waals surface area (Å²) in [7, 11) is 0. The second kappa shape index (κ2) is 2.39. The van der Waals surface area contributed by atoms with E-state index in [0.29, 0.717) is 0 Å². The molecule has 0 aromatic heterocycles. The summed E-state index contributed by atoms with van der Waals surface area (Å²) in [6.45, 7) is 0.938. The first-order chi connectivity index (χ1) is 4.91. The zero-order chi connectivity index (χ0) is 6.86. The lowest BCUT2D eigenvalue weighted by molar-refractivity contribution is 0.0158. The highest BCUT2D eigenvalue weighted by molar-refractivity contribution is 5.08. The summed E-state index contributed by atoms with van der Waals surface area (Å²) < 4.78 is 5.67. The molecular formula is C9H13O. The van der Waals surface area contributed by atoms with Crippen LogP contribution in [0.3, 0.4) is 0 Å². The van der Waals surface area contributed by atoms with E-state index in [4.69, 9.17) is 4.74 Å². The van der Waals surface area contributed by atoms with Gasteiger partial charge in [0.25, 0.3) is 0 Å². The Morgan fingerprint density at radius 3 is 2.80 bits per heavy atom. The number of rotatable bonds is 0. The lowest BCUT2D eigenvalue weighted by Crippen LogP contribution is -2.28. The molecule has 1 fully saturated rings. The van der Waals surface area contributed by atoms with E-state index in [1.807, 2.05) is 0 Å². The van der Waals surface area contributed by atoms with Crippen molar-refractivity contribution in [2.45, 2.75) is 31.3 Å². The van der Waals surface area contributed by atoms with E-state index >= 15 is 0 Å². The summed E-state index contributed by atoms with van der Waals surface area (Å²) in [5, 5.41) is 0. The molecule has 1 unspecified atom stereocenters. The van der Waals surface area contributed by atoms with Gasteiger partial charge in [0.05, 0.1) is 5.60 Å². The lowest BCUT2D eigenvalue weighted by Gasteiger charge is -2.28. The molecule has 1 aliphatic carbocycles. The Kier molecular flexibility index (Phi) is 1.53. The fourth-order valence-electron chi connectivity index (χ4n) is 1.79. The van der Waals surface area contributed by atoms with Gasteiger partial charge in [0.1, 0.15) is 0 Å². The number of allylic oxidation sites excluding steroid dienone is 1. The van der Waals surface area contributed by atoms with Crippen molar-refractivity contribution in [3.63, 3.8) is 0 Å². The number of hydrogen-bond donors (Lipinski definition) is 0. The molecule has 1 heteroatoms. The van der Waals surface area contributed by atoms with Gasteiger partial charge in [0.2, 0.25) is 0 Å². The van der Waals surface area contributed by atoms with Gasteiger partial charge >= 0.3 is 0 Å². The summed E-state index contributed by atoms with van der Waals surface area (Å²) in [5.74, 6) is 0. The van der Waals surface area contributed by atoms with E-state index in [-0.39, 0.29) is 5.60 Å². The summed E-state index contributed by atoms with van der Waals surface area (Å²) in [6, 6.07) is 0. The monoisotopic (exact) mass is 137 g/mol. The molecule has 1 nitrogen and oxygen atoms in total. The largest absolute Gasteiger partial charge is 0.374 e. The molecule has 0 N–H and O–H groups in total. The summed E-state index contributed by atoms with van der Waals surface area (Å²) >= 11 is 0. The highest BCUT2D eigenvalue weighted by Crippen LogP contribution is 2.35. The SMILES string of the molecule is [CH]1CCOC12CC=CCC2. The van der Waals surface area contributed by atoms with Crippen LogP contribution < -0.4 is 0 Å². The number of hydrogen-bond acceptors (Lipinski definition) is 1. The second-order valence-corrected chi connectivity index (χ2v) is 3.12. The van der Waals surface area contributed by atoms with Crippen LogP contribution in [0.5, 0.6) is 0 Å². The van der Waals surface area contributed by atoms with Gasteiger partial charge in [0, 0.05) is 6.61 Å². The molecule has 1 radical (unpaired) electrons. The maximum absolute atomic E-state index is 5.67. The minimum Gasteiger partial charge on any atom is -0.374 e. The van der Waals surface area contributed by atoms with Crippen LogP contribution in [0.15, 0.2) is 12.2 Å². The molecule has 1 spiro atoms. The average Bonchev–Trinajstić information content (AvgIpc) is 2.39. The van der Waals surface area contributed by atoms with Crippen LogP contribution in [-0.4, -0.2) is 12.2 Å². The normalized spacial score (nSPS) is 39.2. The Morgan fingerprint density at radius 1 is 1.20 bits per heavy atom. The molecule has 0 amide bonds. The van der Waals surface area contributed by atoms with Crippen LogP contribution in [-0.2, 0) is 4.74 Å². The van der Waals surface area contributed by atoms with Crippen LogP contribution in [0.1, 0.15) is 25.7 Å². The van der Waals surface area contributed by atoms with Crippen molar-refractivity contribution in [2.24, 2.45) is 0 Å². The molecule has 1 saturated heterocycles. The fraction of sp³-hybridized carbons (Fsp3) is 0.667. The molecule has 2 rings (SSSR count). The van der Waals surface area contributed by atoms with Gasteiger partial charge in [-0.05, 0) is 32.1 Å². The molecular weight excluding hydrogens is 124 g/mol. The van der Waals surface area contributed by atoms with Gasteiger partial charge < -0.3 is 4.74 Å². The van der Waals surface area contributed by atoms with E-state index in [9.17, 15) is 0 Å². The molecule has 0 aromatic carbocycles. The molecule has 55 valence electrons. The van der Waals surface area contributed by atoms with E-state index in [0.717, 1.165) is 19.4 Å². The third-order valence-corrected chi connectivity index (χ3v) is 2.39. The number of ether oxygens (including phenoxy) is 1. The smallest absolute Gasteiger partial charge is 0.0752 e. The van der Waals surface area contributed by atoms with Gasteiger partial charge in [-0.15, -0.1) is 0 Å². The van der Waals surface area contributed by atoms with Gasteiger partial charge in [-0.2, -0.15) is 0 Å². The molecule has 0 bridgehead atoms. The first-order valence-electron chi connectivity index (χ1n) is 4.05. The molecule has 1 atom stereocenters. The standard InChI is InChI=1S/C9H13O/c1-2-5-9(6-3-1)7-4-8-10-9/h1-2,7H,3-6,8H2. The van der Waals surface area contributed by atoms with Gasteiger partial charge in [-0.25, -0.2) is 0 Å². The third kappa shape index (κ3) is 0.988. The Bertz CT molecular complexity index is 143. The first-order valence-corrected chi connectivity index (χ1v) is 4.05. The minimum absolute atomic E-state index is 0.161. The van der Waals surface area contributed by atoms with Crippen molar-refractivity contribution >= 4 is 0 Å². The Morgan fingerprint density at radius 2 is 2.20 bits per heavy atom. The van der Waals surface area contributed by atoms with Crippen LogP contribution >= 0.6 is 0 Å². The Hall–Kier alpha value is -0.300. The van der Waals surface area contributed by atoms with Gasteiger partial charge in [0.15, 0.2) is 0 Å². The summed E-state index contributed by atoms with van der Waals surface area (Å²) in [6.07, 6.45) is 11.5. The topological polar surface area (TPSA) is 9.23 Å². The highest BCUT2D eigenvalue weighted by Gasteiger charge is 2.34. The van der Waals surface area contributed by atoms with Crippen LogP contribution in [0.4, 0.5) is 0 Å². The van der Waals surface area contributed by atoms with E-state index in [2.05, 4.69) is 18.6 Å². The lowest BCUT2D eigenvalue weighted by atomic mass is 9.87. The Balaban J connectivity index is 2.06. The van der Waals surface area contributed by atoms with E-state index in [1.165, 1.54) is 12.8 Å². The molecule has 0 aromatic rings. The van der Waals surface area contributed by atoms with Crippen molar-refractivity contribution in [1.82, 2.24) is 0 Å². The van der Waals surface area contributed by atoms with Crippen molar-refractivity contribution in [2.75, 3.05) is 6.61 Å². The van der Waals surface area contributed by atoms with E-state index < -0.39 is 0 Å². The Labute approximate surface area is 62.1 Å². The zero-order valence-corrected chi connectivity index (χ0v) is 6.18. The predicted octanol–water partition coefficient (Wildman–Crippen LogP) is 2.09. The average molecular weight is 137 g/mol. The maximum atomic E-state index is 5.67. The fourth-order valence-corrected chi connectivity index (χ4v) is 1.79. The van der Waals surface area contributed by atoms with Crippen LogP contribution in [0, 0.1) is 6.42 Å². The molecule has 1 aliphatic heterocycles. The van der Waals surface area contributed by atoms with Crippen molar-refractivity contribution in [3.05, 3.63) is 18.6 Å². The highest BCUT2D eigenvalue weighted by atomic mass is 16.5. The quantitative estimate of drug-likeness (QED) is 0.464. The minimum atomic E-state index is 0.161. The first kappa shape index (κ1) is 6.41. The summed E-state index contributed by atoms with van der Waals surface area (Å²) in [5.41, 5.74) is 0.161. The molecule has 10 heavy (non-hydrogen) atoms. The van der Waals surface area contributed by atoms with Crippen LogP contribution in [0.2, 0.25) is 0 Å². The van der Waals surface area contributed by atoms with Crippen LogP contribution in [0.25, 0.3) is 0 Å². The van der Waals surface area contributed by atoms with E-state index in [1.54, 1.807) is 0 Å². The summed E-state index contributed by atoms with van der Waals surface area (Å²) in [4.78, 5) is 0. The van der Waals surface area contributed by atoms with Gasteiger partial charge in [-0.1, -0.05) is 12.2 Å². The van der Waals surface area contributed by atoms with Crippen molar-refractivity contribution < 1.29 is 4.74 Å².